The molecular formula is C12H13N3O3. The fourth-order valence-electron chi connectivity index (χ4n) is 1.73. The number of benzene rings is 1. The molecule has 6 nitrogen and oxygen atoms in total. The number of nitrogens with zero attached hydrogens (tertiary/aromatic N) is 2. The molecule has 0 amide bonds. The van der Waals surface area contributed by atoms with Crippen LogP contribution in [0.15, 0.2) is 28.8 Å². The summed E-state index contributed by atoms with van der Waals surface area (Å²) < 4.78 is 4.93. The van der Waals surface area contributed by atoms with Gasteiger partial charge < -0.3 is 9.84 Å². The molecule has 0 aliphatic carbocycles. The van der Waals surface area contributed by atoms with Crippen molar-refractivity contribution >= 4 is 11.4 Å². The highest BCUT2D eigenvalue weighted by Crippen LogP contribution is 2.28. The number of nitrogens with one attached hydrogen (secondary N) is 1. The molecule has 0 atom stereocenters. The molecule has 0 aliphatic rings. The Kier molecular flexibility index (Phi) is 3.27. The molecule has 18 heavy (non-hydrogen) atoms. The number of para-hydroxylation sites is 1. The zero-order valence-electron chi connectivity index (χ0n) is 10.1. The maximum atomic E-state index is 11.0. The van der Waals surface area contributed by atoms with Gasteiger partial charge in [-0.25, -0.2) is 0 Å². The highest BCUT2D eigenvalue weighted by molar-refractivity contribution is 5.64. The Hall–Kier alpha value is -2.37. The van der Waals surface area contributed by atoms with Crippen LogP contribution in [0, 0.1) is 24.0 Å². The van der Waals surface area contributed by atoms with Gasteiger partial charge in [0.15, 0.2) is 0 Å². The number of nitro benzene ring substituents is 1. The first kappa shape index (κ1) is 12.1. The highest BCUT2D eigenvalue weighted by atomic mass is 16.6. The van der Waals surface area contributed by atoms with Gasteiger partial charge in [-0.05, 0) is 19.9 Å². The van der Waals surface area contributed by atoms with E-state index in [0.717, 1.165) is 0 Å². The third kappa shape index (κ3) is 2.48. The van der Waals surface area contributed by atoms with Crippen molar-refractivity contribution < 1.29 is 9.45 Å². The smallest absolute Gasteiger partial charge is 0.295 e. The number of hydrogen-bond acceptors (Lipinski definition) is 5. The van der Waals surface area contributed by atoms with Crippen LogP contribution in [-0.2, 0) is 6.54 Å². The van der Waals surface area contributed by atoms with Crippen LogP contribution >= 0.6 is 0 Å². The summed E-state index contributed by atoms with van der Waals surface area (Å²) in [5, 5.41) is 17.8. The van der Waals surface area contributed by atoms with E-state index in [1.165, 1.54) is 0 Å². The molecule has 0 radical (unpaired) electrons. The molecule has 1 heterocycles. The molecule has 1 N–H and O–H groups in total. The molecule has 6 heteroatoms. The van der Waals surface area contributed by atoms with Crippen LogP contribution < -0.4 is 5.32 Å². The van der Waals surface area contributed by atoms with Crippen molar-refractivity contribution in [1.82, 2.24) is 5.16 Å². The Balaban J connectivity index is 2.19. The number of rotatable bonds is 4. The normalized spacial score (nSPS) is 10.3. The number of nitro groups is 1. The van der Waals surface area contributed by atoms with Gasteiger partial charge in [-0.15, -0.1) is 0 Å². The SMILES string of the molecule is Cc1cc(CNc2cccc(C)c2[N+](=O)[O-])no1. The first-order chi connectivity index (χ1) is 8.58. The topological polar surface area (TPSA) is 81.2 Å². The van der Waals surface area contributed by atoms with Gasteiger partial charge in [-0.2, -0.15) is 0 Å². The van der Waals surface area contributed by atoms with Crippen LogP contribution in [0.5, 0.6) is 0 Å². The lowest BCUT2D eigenvalue weighted by atomic mass is 10.1. The van der Waals surface area contributed by atoms with Gasteiger partial charge in [0.05, 0.1) is 11.5 Å². The monoisotopic (exact) mass is 247 g/mol. The van der Waals surface area contributed by atoms with E-state index in [4.69, 9.17) is 4.52 Å². The molecule has 0 saturated heterocycles. The quantitative estimate of drug-likeness (QED) is 0.663. The molecule has 94 valence electrons. The van der Waals surface area contributed by atoms with Crippen molar-refractivity contribution in [2.24, 2.45) is 0 Å². The van der Waals surface area contributed by atoms with E-state index in [-0.39, 0.29) is 10.6 Å². The van der Waals surface area contributed by atoms with Crippen molar-refractivity contribution in [1.29, 1.82) is 0 Å². The fraction of sp³-hybridized carbons (Fsp3) is 0.250. The number of aryl methyl sites for hydroxylation is 2. The van der Waals surface area contributed by atoms with Gasteiger partial charge in [0.1, 0.15) is 17.1 Å². The third-order valence-electron chi connectivity index (χ3n) is 2.56. The van der Waals surface area contributed by atoms with Crippen molar-refractivity contribution in [3.05, 3.63) is 51.4 Å². The van der Waals surface area contributed by atoms with Crippen molar-refractivity contribution in [3.63, 3.8) is 0 Å². The van der Waals surface area contributed by atoms with Crippen molar-refractivity contribution in [2.45, 2.75) is 20.4 Å². The molecule has 0 spiro atoms. The van der Waals surface area contributed by atoms with E-state index in [9.17, 15) is 10.1 Å². The van der Waals surface area contributed by atoms with E-state index >= 15 is 0 Å². The minimum atomic E-state index is -0.383. The van der Waals surface area contributed by atoms with Gasteiger partial charge in [0, 0.05) is 11.6 Å². The summed E-state index contributed by atoms with van der Waals surface area (Å²) in [6, 6.07) is 6.95. The minimum Gasteiger partial charge on any atom is -0.374 e. The predicted molar refractivity (Wildman–Crippen MR) is 66.4 cm³/mol. The number of anilines is 1. The average molecular weight is 247 g/mol. The zero-order valence-corrected chi connectivity index (χ0v) is 10.1. The Morgan fingerprint density at radius 1 is 1.44 bits per heavy atom. The molecule has 2 rings (SSSR count). The van der Waals surface area contributed by atoms with E-state index in [1.54, 1.807) is 38.1 Å². The molecule has 1 aromatic carbocycles. The Morgan fingerprint density at radius 2 is 2.22 bits per heavy atom. The number of hydrogen-bond donors (Lipinski definition) is 1. The minimum absolute atomic E-state index is 0.0951. The summed E-state index contributed by atoms with van der Waals surface area (Å²) in [4.78, 5) is 10.6. The predicted octanol–water partition coefficient (Wildman–Crippen LogP) is 2.81. The van der Waals surface area contributed by atoms with Gasteiger partial charge in [-0.1, -0.05) is 17.3 Å². The van der Waals surface area contributed by atoms with Gasteiger partial charge in [0.2, 0.25) is 0 Å². The molecule has 0 fully saturated rings. The molecular weight excluding hydrogens is 234 g/mol. The highest BCUT2D eigenvalue weighted by Gasteiger charge is 2.16. The zero-order chi connectivity index (χ0) is 13.1. The molecule has 2 aromatic rings. The van der Waals surface area contributed by atoms with Crippen LogP contribution in [0.1, 0.15) is 17.0 Å². The van der Waals surface area contributed by atoms with E-state index < -0.39 is 0 Å². The average Bonchev–Trinajstić information content (AvgIpc) is 2.72. The molecule has 0 saturated carbocycles. The second kappa shape index (κ2) is 4.87. The fourth-order valence-corrected chi connectivity index (χ4v) is 1.73. The molecule has 0 bridgehead atoms. The maximum Gasteiger partial charge on any atom is 0.295 e. The largest absolute Gasteiger partial charge is 0.374 e. The Bertz CT molecular complexity index is 578. The van der Waals surface area contributed by atoms with Crippen molar-refractivity contribution in [2.75, 3.05) is 5.32 Å². The van der Waals surface area contributed by atoms with Crippen LogP contribution in [0.25, 0.3) is 0 Å². The van der Waals surface area contributed by atoms with Crippen LogP contribution in [0.2, 0.25) is 0 Å². The van der Waals surface area contributed by atoms with E-state index in [1.807, 2.05) is 0 Å². The molecule has 0 aliphatic heterocycles. The summed E-state index contributed by atoms with van der Waals surface area (Å²) in [6.07, 6.45) is 0. The van der Waals surface area contributed by atoms with E-state index in [2.05, 4.69) is 10.5 Å². The lowest BCUT2D eigenvalue weighted by molar-refractivity contribution is -0.384. The van der Waals surface area contributed by atoms with Crippen molar-refractivity contribution in [3.8, 4) is 0 Å². The molecule has 1 aromatic heterocycles. The van der Waals surface area contributed by atoms with Crippen LogP contribution in [0.3, 0.4) is 0 Å². The molecule has 0 unspecified atom stereocenters. The third-order valence-corrected chi connectivity index (χ3v) is 2.56. The lowest BCUT2D eigenvalue weighted by Crippen LogP contribution is -2.03. The first-order valence-electron chi connectivity index (χ1n) is 5.48. The summed E-state index contributed by atoms with van der Waals surface area (Å²) in [6.45, 7) is 3.90. The number of aromatic nitrogens is 1. The second-order valence-corrected chi connectivity index (χ2v) is 4.01. The first-order valence-corrected chi connectivity index (χ1v) is 5.48. The van der Waals surface area contributed by atoms with Crippen LogP contribution in [-0.4, -0.2) is 10.1 Å². The summed E-state index contributed by atoms with van der Waals surface area (Å²) in [5.74, 6) is 0.713. The second-order valence-electron chi connectivity index (χ2n) is 4.01. The van der Waals surface area contributed by atoms with Gasteiger partial charge in [0.25, 0.3) is 5.69 Å². The van der Waals surface area contributed by atoms with Gasteiger partial charge >= 0.3 is 0 Å². The Morgan fingerprint density at radius 3 is 2.83 bits per heavy atom. The van der Waals surface area contributed by atoms with E-state index in [0.29, 0.717) is 29.2 Å². The summed E-state index contributed by atoms with van der Waals surface area (Å²) in [7, 11) is 0. The lowest BCUT2D eigenvalue weighted by Gasteiger charge is -2.06. The van der Waals surface area contributed by atoms with Crippen LogP contribution in [0.4, 0.5) is 11.4 Å². The maximum absolute atomic E-state index is 11.0. The summed E-state index contributed by atoms with van der Waals surface area (Å²) in [5.41, 5.74) is 1.92. The standard InChI is InChI=1S/C12H13N3O3/c1-8-4-3-5-11(12(8)15(16)17)13-7-10-6-9(2)18-14-10/h3-6,13H,7H2,1-2H3. The summed E-state index contributed by atoms with van der Waals surface area (Å²) >= 11 is 0. The Labute approximate surface area is 104 Å². The van der Waals surface area contributed by atoms with Gasteiger partial charge in [-0.3, -0.25) is 10.1 Å².